The number of ether oxygens (including phenoxy) is 23. The van der Waals surface area contributed by atoms with E-state index >= 15 is 0 Å². The van der Waals surface area contributed by atoms with Crippen molar-refractivity contribution in [3.63, 3.8) is 0 Å². The number of rotatable bonds is 17. The number of hydrogen-bond acceptors (Lipinski definition) is 35. The number of ketones is 1. The molecule has 0 bridgehead atoms. The van der Waals surface area contributed by atoms with Crippen molar-refractivity contribution in [2.75, 3.05) is 85.9 Å². The first kappa shape index (κ1) is 102. The fourth-order valence-corrected chi connectivity index (χ4v) is 14.4. The minimum Gasteiger partial charge on any atom is -0.465 e. The molecule has 12 saturated heterocycles. The molecule has 12 rings (SSSR count). The van der Waals surface area contributed by atoms with E-state index in [1.807, 2.05) is 20.8 Å². The minimum atomic E-state index is -1.07. The van der Waals surface area contributed by atoms with Gasteiger partial charge in [-0.2, -0.15) is 0 Å². The third kappa shape index (κ3) is 34.3. The summed E-state index contributed by atoms with van der Waals surface area (Å²) in [6.45, 7) is 48.5. The molecule has 0 aromatic rings. The summed E-state index contributed by atoms with van der Waals surface area (Å²) >= 11 is 0. The van der Waals surface area contributed by atoms with Gasteiger partial charge in [0.1, 0.15) is 144 Å². The van der Waals surface area contributed by atoms with Crippen LogP contribution in [-0.2, 0) is 138 Å². The number of aliphatic hydroxyl groups is 6. The molecule has 6 N–H and O–H groups in total. The molecule has 117 heavy (non-hydrogen) atoms. The lowest BCUT2D eigenvalue weighted by molar-refractivity contribution is -0.314. The SMILES string of the molecule is CC(C)(C)OC(=O)C[C@@]1(C)OC[C@@H]2OC[C@@H](O)[C@@H]2O1.CC(C)(C)OC(=O)C[C@@]1(C)OC[C@H]2OC[C@H](O)[C@H]2O1.CC(C)(C)OC(=O)C[C@]1(C)OC[C@@H]2OC[C@@H](O)[C@@H]2O1.CC(C)(C)OC(=O)C[C@]1(C)OC[C@H]2OC[C@H](O)[C@H]2O1.CC(C)CC1(C)OC[C@@H]2OC[C@@H](O)[C@@H]2O1.CC(C)CC1(C)OC[C@H]2OC[C@H](O)[C@H]2O1.CCCCOC(=O)CC(C)=O. The summed E-state index contributed by atoms with van der Waals surface area (Å²) in [6, 6.07) is 0. The van der Waals surface area contributed by atoms with E-state index < -0.39 is 124 Å². The van der Waals surface area contributed by atoms with Crippen LogP contribution in [0.25, 0.3) is 0 Å². The van der Waals surface area contributed by atoms with E-state index in [0.29, 0.717) is 71.3 Å². The lowest BCUT2D eigenvalue weighted by Crippen LogP contribution is -2.52. The van der Waals surface area contributed by atoms with Crippen molar-refractivity contribution >= 4 is 35.6 Å². The van der Waals surface area contributed by atoms with Crippen LogP contribution in [0.15, 0.2) is 0 Å². The normalized spacial score (nSPS) is 37.9. The van der Waals surface area contributed by atoms with Crippen molar-refractivity contribution in [3.05, 3.63) is 0 Å². The third-order valence-electron chi connectivity index (χ3n) is 19.2. The molecule has 35 heteroatoms. The minimum absolute atomic E-state index is 0.0137. The van der Waals surface area contributed by atoms with Gasteiger partial charge in [-0.3, -0.25) is 28.8 Å². The molecule has 0 aliphatic carbocycles. The summed E-state index contributed by atoms with van der Waals surface area (Å²) < 4.78 is 126. The van der Waals surface area contributed by atoms with Gasteiger partial charge in [-0.25, -0.2) is 0 Å². The van der Waals surface area contributed by atoms with E-state index in [4.69, 9.17) is 109 Å². The van der Waals surface area contributed by atoms with Crippen LogP contribution in [0, 0.1) is 11.8 Å². The Bertz CT molecular complexity index is 2790. The number of carbonyl (C=O) groups is 6. The van der Waals surface area contributed by atoms with E-state index in [0.717, 1.165) is 25.7 Å². The highest BCUT2D eigenvalue weighted by molar-refractivity contribution is 5.94. The number of unbranched alkanes of at least 4 members (excludes halogenated alkanes) is 1. The number of fused-ring (bicyclic) bond motifs is 6. The van der Waals surface area contributed by atoms with Gasteiger partial charge in [-0.15, -0.1) is 0 Å². The zero-order valence-electron chi connectivity index (χ0n) is 73.6. The van der Waals surface area contributed by atoms with E-state index in [2.05, 4.69) is 27.7 Å². The smallest absolute Gasteiger partial charge is 0.313 e. The molecule has 0 aromatic heterocycles. The second-order valence-electron chi connectivity index (χ2n) is 37.5. The topological polar surface area (TPSA) is 436 Å². The predicted octanol–water partition coefficient (Wildman–Crippen LogP) is 5.59. The second-order valence-corrected chi connectivity index (χ2v) is 37.5. The third-order valence-corrected chi connectivity index (χ3v) is 19.2. The van der Waals surface area contributed by atoms with Crippen molar-refractivity contribution in [3.8, 4) is 0 Å². The van der Waals surface area contributed by atoms with Gasteiger partial charge >= 0.3 is 29.8 Å². The van der Waals surface area contributed by atoms with Crippen molar-refractivity contribution in [1.29, 1.82) is 0 Å². The highest BCUT2D eigenvalue weighted by Gasteiger charge is 2.54. The predicted molar refractivity (Wildman–Crippen MR) is 412 cm³/mol. The molecule has 680 valence electrons. The van der Waals surface area contributed by atoms with Crippen molar-refractivity contribution in [2.24, 2.45) is 11.8 Å². The Morgan fingerprint density at radius 2 is 0.530 bits per heavy atom. The molecule has 2 unspecified atom stereocenters. The fourth-order valence-electron chi connectivity index (χ4n) is 14.4. The maximum atomic E-state index is 11.8. The van der Waals surface area contributed by atoms with Gasteiger partial charge in [0.05, 0.1) is 112 Å². The molecule has 35 nitrogen and oxygen atoms in total. The van der Waals surface area contributed by atoms with Crippen molar-refractivity contribution < 1.29 is 168 Å². The van der Waals surface area contributed by atoms with Gasteiger partial charge in [-0.05, 0) is 150 Å². The summed E-state index contributed by atoms with van der Waals surface area (Å²) in [4.78, 5) is 68.4. The van der Waals surface area contributed by atoms with Crippen LogP contribution in [0.4, 0.5) is 0 Å². The number of carbonyl (C=O) groups excluding carboxylic acids is 6. The highest BCUT2D eigenvalue weighted by Crippen LogP contribution is 2.40. The number of hydrogen-bond donors (Lipinski definition) is 6. The first-order chi connectivity index (χ1) is 53.9. The monoisotopic (exact) mass is 1690 g/mol. The van der Waals surface area contributed by atoms with Crippen LogP contribution >= 0.6 is 0 Å². The Labute approximate surface area is 690 Å². The molecule has 12 aliphatic heterocycles. The Balaban J connectivity index is 0.000000213. The van der Waals surface area contributed by atoms with Gasteiger partial charge < -0.3 is 140 Å². The van der Waals surface area contributed by atoms with Crippen LogP contribution in [0.5, 0.6) is 0 Å². The summed E-state index contributed by atoms with van der Waals surface area (Å²) in [7, 11) is 0. The van der Waals surface area contributed by atoms with Gasteiger partial charge in [0.2, 0.25) is 0 Å². The van der Waals surface area contributed by atoms with Gasteiger partial charge in [0.25, 0.3) is 0 Å². The fraction of sp³-hybridized carbons (Fsp3) is 0.927. The average Bonchev–Trinajstić information content (AvgIpc) is 1.67. The van der Waals surface area contributed by atoms with Gasteiger partial charge in [0, 0.05) is 12.8 Å². The number of Topliss-reactive ketones (excluding diaryl/α,β-unsaturated/α-hetero) is 1. The molecule has 0 aromatic carbocycles. The molecule has 0 saturated carbocycles. The molecular formula is C82H142O35. The van der Waals surface area contributed by atoms with Gasteiger partial charge in [-0.1, -0.05) is 41.0 Å². The summed E-state index contributed by atoms with van der Waals surface area (Å²) in [5.74, 6) is -6.51. The maximum absolute atomic E-state index is 11.8. The first-order valence-electron chi connectivity index (χ1n) is 41.1. The zero-order valence-corrected chi connectivity index (χ0v) is 73.6. The Hall–Kier alpha value is -3.94. The summed E-state index contributed by atoms with van der Waals surface area (Å²) in [6.07, 6.45) is -3.79. The molecular weight excluding hydrogens is 1540 g/mol. The molecule has 0 radical (unpaired) electrons. The van der Waals surface area contributed by atoms with E-state index in [1.54, 1.807) is 111 Å². The first-order valence-corrected chi connectivity index (χ1v) is 41.1. The lowest BCUT2D eigenvalue weighted by atomic mass is 10.0. The highest BCUT2D eigenvalue weighted by atomic mass is 16.8. The van der Waals surface area contributed by atoms with Gasteiger partial charge in [0.15, 0.2) is 34.7 Å². The Morgan fingerprint density at radius 1 is 0.333 bits per heavy atom. The lowest BCUT2D eigenvalue weighted by Gasteiger charge is -2.41. The standard InChI is InChI=1S/4C13H22O6.2C11H20O4.C8H14O3/c4*1-12(2,3)18-10(15)5-13(4)17-7-9-11(19-13)8(14)6-16-9;2*1-7(2)4-11(3)14-6-9-10(15-11)8(12)5-13-9;1-3-4-5-11-8(10)6-7(2)9/h4*8-9,11,14H,5-7H2,1-4H3;2*7-10,12H,4-6H2,1-3H3;3-6H2,1-2H3/t2*8-,9+,11+,13+;2*8-,9+,11+,13-;2*8-,9+,10+,11?;/m101010./s1. The molecule has 0 spiro atoms. The van der Waals surface area contributed by atoms with E-state index in [1.165, 1.54) is 6.92 Å². The van der Waals surface area contributed by atoms with Crippen molar-refractivity contribution in [2.45, 2.75) is 391 Å². The van der Waals surface area contributed by atoms with Crippen LogP contribution in [-0.4, -0.2) is 319 Å². The molecule has 12 aliphatic rings. The summed E-state index contributed by atoms with van der Waals surface area (Å²) in [5, 5.41) is 58.4. The number of esters is 5. The molecule has 0 amide bonds. The largest absolute Gasteiger partial charge is 0.465 e. The second kappa shape index (κ2) is 43.1. The zero-order chi connectivity index (χ0) is 87.8. The van der Waals surface area contributed by atoms with E-state index in [-0.39, 0.29) is 137 Å². The molecule has 24 atom stereocenters. The van der Waals surface area contributed by atoms with Crippen LogP contribution < -0.4 is 0 Å². The van der Waals surface area contributed by atoms with Crippen LogP contribution in [0.1, 0.15) is 224 Å². The van der Waals surface area contributed by atoms with Crippen molar-refractivity contribution in [1.82, 2.24) is 0 Å². The quantitative estimate of drug-likeness (QED) is 0.0447. The summed E-state index contributed by atoms with van der Waals surface area (Å²) in [5.41, 5.74) is -2.16. The number of aliphatic hydroxyl groups excluding tert-OH is 6. The maximum Gasteiger partial charge on any atom is 0.313 e. The molecule has 12 fully saturated rings. The van der Waals surface area contributed by atoms with E-state index in [9.17, 15) is 59.4 Å². The Morgan fingerprint density at radius 3 is 0.709 bits per heavy atom. The average molecular weight is 1690 g/mol. The molecule has 12 heterocycles. The van der Waals surface area contributed by atoms with Crippen LogP contribution in [0.3, 0.4) is 0 Å². The Kier molecular flexibility index (Phi) is 37.5. The van der Waals surface area contributed by atoms with Crippen LogP contribution in [0.2, 0.25) is 0 Å².